The molecule has 0 amide bonds. The lowest BCUT2D eigenvalue weighted by Gasteiger charge is -2.22. The van der Waals surface area contributed by atoms with Crippen LogP contribution in [0.4, 0.5) is 0 Å². The van der Waals surface area contributed by atoms with E-state index in [2.05, 4.69) is 4.72 Å². The molecule has 1 aromatic rings. The van der Waals surface area contributed by atoms with Gasteiger partial charge in [0.05, 0.1) is 4.90 Å². The van der Waals surface area contributed by atoms with Crippen molar-refractivity contribution < 1.29 is 12.6 Å². The van der Waals surface area contributed by atoms with Crippen LogP contribution >= 0.6 is 0 Å². The molecule has 18 heavy (non-hydrogen) atoms. The second-order valence-electron chi connectivity index (χ2n) is 4.51. The Labute approximate surface area is 110 Å². The van der Waals surface area contributed by atoms with Crippen LogP contribution in [0, 0.1) is 6.92 Å². The zero-order chi connectivity index (χ0) is 13.2. The van der Waals surface area contributed by atoms with Gasteiger partial charge in [-0.05, 0) is 31.4 Å². The highest BCUT2D eigenvalue weighted by atomic mass is 32.2. The van der Waals surface area contributed by atoms with Crippen molar-refractivity contribution in [2.75, 3.05) is 11.5 Å². The van der Waals surface area contributed by atoms with Gasteiger partial charge in [0.15, 0.2) is 0 Å². The summed E-state index contributed by atoms with van der Waals surface area (Å²) in [5.41, 5.74) is 0.740. The maximum Gasteiger partial charge on any atom is 0.241 e. The molecule has 4 nitrogen and oxygen atoms in total. The molecule has 0 radical (unpaired) electrons. The largest absolute Gasteiger partial charge is 0.260 e. The van der Waals surface area contributed by atoms with Crippen LogP contribution in [0.15, 0.2) is 29.2 Å². The molecule has 0 spiro atoms. The molecule has 1 aliphatic rings. The van der Waals surface area contributed by atoms with E-state index >= 15 is 0 Å². The predicted octanol–water partition coefficient (Wildman–Crippen LogP) is 1.18. The number of rotatable bonds is 3. The summed E-state index contributed by atoms with van der Waals surface area (Å²) >= 11 is 0. The number of hydrogen-bond acceptors (Lipinski definition) is 3. The van der Waals surface area contributed by atoms with Crippen LogP contribution in [0.2, 0.25) is 0 Å². The molecule has 6 heteroatoms. The Kier molecular flexibility index (Phi) is 4.19. The normalized spacial score (nSPS) is 24.9. The van der Waals surface area contributed by atoms with Crippen LogP contribution in [-0.2, 0) is 20.8 Å². The third-order valence-corrected chi connectivity index (χ3v) is 6.16. The molecular weight excluding hydrogens is 270 g/mol. The molecule has 0 aromatic heterocycles. The Balaban J connectivity index is 2.13. The average Bonchev–Trinajstić information content (AvgIpc) is 2.32. The van der Waals surface area contributed by atoms with E-state index in [1.54, 1.807) is 25.1 Å². The number of aryl methyl sites for hydroxylation is 1. The molecule has 1 saturated heterocycles. The average molecular weight is 287 g/mol. The first-order chi connectivity index (χ1) is 8.49. The summed E-state index contributed by atoms with van der Waals surface area (Å²) in [4.78, 5) is 0.330. The minimum absolute atomic E-state index is 0.0905. The summed E-state index contributed by atoms with van der Waals surface area (Å²) in [6.07, 6.45) is 1.30. The minimum Gasteiger partial charge on any atom is -0.260 e. The second kappa shape index (κ2) is 5.50. The molecule has 0 bridgehead atoms. The summed E-state index contributed by atoms with van der Waals surface area (Å²) in [5.74, 6) is 1.17. The van der Waals surface area contributed by atoms with Gasteiger partial charge >= 0.3 is 0 Å². The fourth-order valence-electron chi connectivity index (χ4n) is 2.05. The Bertz CT molecular complexity index is 544. The Hall–Kier alpha value is -0.720. The molecule has 0 aliphatic carbocycles. The molecule has 0 atom stereocenters. The fourth-order valence-corrected chi connectivity index (χ4v) is 4.90. The van der Waals surface area contributed by atoms with E-state index < -0.39 is 20.8 Å². The van der Waals surface area contributed by atoms with Crippen LogP contribution in [0.25, 0.3) is 0 Å². The molecule has 1 heterocycles. The van der Waals surface area contributed by atoms with E-state index in [9.17, 15) is 12.6 Å². The van der Waals surface area contributed by atoms with Gasteiger partial charge in [0.2, 0.25) is 10.0 Å². The van der Waals surface area contributed by atoms with Gasteiger partial charge in [0.1, 0.15) is 0 Å². The monoisotopic (exact) mass is 287 g/mol. The lowest BCUT2D eigenvalue weighted by Crippen LogP contribution is -2.39. The van der Waals surface area contributed by atoms with Crippen LogP contribution in [-0.4, -0.2) is 30.2 Å². The first-order valence-corrected chi connectivity index (χ1v) is 8.89. The van der Waals surface area contributed by atoms with Crippen molar-refractivity contribution in [1.29, 1.82) is 0 Å². The van der Waals surface area contributed by atoms with E-state index in [1.807, 2.05) is 6.07 Å². The molecule has 0 saturated carbocycles. The highest BCUT2D eigenvalue weighted by Gasteiger charge is 2.24. The van der Waals surface area contributed by atoms with Crippen molar-refractivity contribution in [1.82, 2.24) is 4.72 Å². The van der Waals surface area contributed by atoms with Crippen molar-refractivity contribution in [2.45, 2.75) is 30.7 Å². The third-order valence-electron chi connectivity index (χ3n) is 3.09. The highest BCUT2D eigenvalue weighted by molar-refractivity contribution is 7.89. The number of hydrogen-bond donors (Lipinski definition) is 1. The van der Waals surface area contributed by atoms with Crippen LogP contribution < -0.4 is 4.72 Å². The zero-order valence-electron chi connectivity index (χ0n) is 10.3. The van der Waals surface area contributed by atoms with Crippen molar-refractivity contribution in [3.8, 4) is 0 Å². The summed E-state index contributed by atoms with van der Waals surface area (Å²) in [7, 11) is -4.23. The van der Waals surface area contributed by atoms with Crippen molar-refractivity contribution >= 4 is 20.8 Å². The molecule has 2 rings (SSSR count). The van der Waals surface area contributed by atoms with Crippen LogP contribution in [0.3, 0.4) is 0 Å². The van der Waals surface area contributed by atoms with Crippen molar-refractivity contribution in [3.63, 3.8) is 0 Å². The SMILES string of the molecule is Cc1ccccc1S(=O)(=O)NC1CCS(=O)CC1. The van der Waals surface area contributed by atoms with Gasteiger partial charge < -0.3 is 0 Å². The number of sulfonamides is 1. The van der Waals surface area contributed by atoms with Gasteiger partial charge in [-0.2, -0.15) is 0 Å². The molecular formula is C12H17NO3S2. The second-order valence-corrected chi connectivity index (χ2v) is 7.89. The topological polar surface area (TPSA) is 63.2 Å². The van der Waals surface area contributed by atoms with Crippen LogP contribution in [0.5, 0.6) is 0 Å². The van der Waals surface area contributed by atoms with E-state index in [0.717, 1.165) is 5.56 Å². The van der Waals surface area contributed by atoms with Gasteiger partial charge in [-0.1, -0.05) is 18.2 Å². The van der Waals surface area contributed by atoms with Crippen molar-refractivity contribution in [2.24, 2.45) is 0 Å². The summed E-state index contributed by atoms with van der Waals surface area (Å²) in [6, 6.07) is 6.84. The standard InChI is InChI=1S/C12H17NO3S2/c1-10-4-2-3-5-12(10)18(15,16)13-11-6-8-17(14)9-7-11/h2-5,11,13H,6-9H2,1H3. The van der Waals surface area contributed by atoms with Gasteiger partial charge in [-0.3, -0.25) is 4.21 Å². The quantitative estimate of drug-likeness (QED) is 0.908. The minimum atomic E-state index is -3.46. The van der Waals surface area contributed by atoms with Crippen molar-refractivity contribution in [3.05, 3.63) is 29.8 Å². The maximum atomic E-state index is 12.2. The summed E-state index contributed by atoms with van der Waals surface area (Å²) in [6.45, 7) is 1.78. The Morgan fingerprint density at radius 2 is 1.83 bits per heavy atom. The number of benzene rings is 1. The lowest BCUT2D eigenvalue weighted by atomic mass is 10.2. The molecule has 1 fully saturated rings. The highest BCUT2D eigenvalue weighted by Crippen LogP contribution is 2.17. The first-order valence-electron chi connectivity index (χ1n) is 5.92. The smallest absolute Gasteiger partial charge is 0.241 e. The Morgan fingerprint density at radius 3 is 2.44 bits per heavy atom. The number of nitrogens with one attached hydrogen (secondary N) is 1. The molecule has 100 valence electrons. The summed E-state index contributed by atoms with van der Waals surface area (Å²) in [5, 5.41) is 0. The molecule has 1 N–H and O–H groups in total. The van der Waals surface area contributed by atoms with Gasteiger partial charge in [-0.15, -0.1) is 0 Å². The molecule has 1 aromatic carbocycles. The van der Waals surface area contributed by atoms with E-state index in [0.29, 0.717) is 29.2 Å². The van der Waals surface area contributed by atoms with E-state index in [-0.39, 0.29) is 6.04 Å². The predicted molar refractivity (Wildman–Crippen MR) is 72.4 cm³/mol. The van der Waals surface area contributed by atoms with Crippen LogP contribution in [0.1, 0.15) is 18.4 Å². The Morgan fingerprint density at radius 1 is 1.22 bits per heavy atom. The summed E-state index contributed by atoms with van der Waals surface area (Å²) < 4.78 is 38.4. The van der Waals surface area contributed by atoms with Gasteiger partial charge in [0, 0.05) is 28.3 Å². The van der Waals surface area contributed by atoms with E-state index in [4.69, 9.17) is 0 Å². The molecule has 1 aliphatic heterocycles. The maximum absolute atomic E-state index is 12.2. The lowest BCUT2D eigenvalue weighted by molar-refractivity contribution is 0.521. The third kappa shape index (κ3) is 3.18. The van der Waals surface area contributed by atoms with Gasteiger partial charge in [0.25, 0.3) is 0 Å². The van der Waals surface area contributed by atoms with E-state index in [1.165, 1.54) is 0 Å². The van der Waals surface area contributed by atoms with Gasteiger partial charge in [-0.25, -0.2) is 13.1 Å². The molecule has 0 unspecified atom stereocenters. The first kappa shape index (κ1) is 13.7. The zero-order valence-corrected chi connectivity index (χ0v) is 11.9. The fraction of sp³-hybridized carbons (Fsp3) is 0.500.